The van der Waals surface area contributed by atoms with Gasteiger partial charge in [-0.3, -0.25) is 4.79 Å². The predicted octanol–water partition coefficient (Wildman–Crippen LogP) is 2.34. The highest BCUT2D eigenvalue weighted by atomic mass is 79.9. The first-order chi connectivity index (χ1) is 8.15. The lowest BCUT2D eigenvalue weighted by Gasteiger charge is -2.14. The molecule has 2 rings (SSSR count). The average Bonchev–Trinajstić information content (AvgIpc) is 3.08. The van der Waals surface area contributed by atoms with Gasteiger partial charge in [0.1, 0.15) is 0 Å². The molecule has 1 aliphatic carbocycles. The second-order valence-corrected chi connectivity index (χ2v) is 5.58. The van der Waals surface area contributed by atoms with Gasteiger partial charge in [0.05, 0.1) is 0 Å². The summed E-state index contributed by atoms with van der Waals surface area (Å²) in [6, 6.07) is 7.31. The Hall–Kier alpha value is -0.870. The number of benzene rings is 1. The summed E-state index contributed by atoms with van der Waals surface area (Å²) in [4.78, 5) is 11.8. The Morgan fingerprint density at radius 3 is 2.53 bits per heavy atom. The van der Waals surface area contributed by atoms with E-state index in [0.29, 0.717) is 12.1 Å². The highest BCUT2D eigenvalue weighted by Crippen LogP contribution is 2.47. The van der Waals surface area contributed by atoms with E-state index in [9.17, 15) is 4.79 Å². The topological polar surface area (TPSA) is 49.3 Å². The average molecular weight is 298 g/mol. The molecule has 17 heavy (non-hydrogen) atoms. The molecule has 2 N–H and O–H groups in total. The van der Waals surface area contributed by atoms with Crippen molar-refractivity contribution in [2.24, 2.45) is 5.41 Å². The second kappa shape index (κ2) is 5.19. The molecule has 0 radical (unpaired) electrons. The van der Waals surface area contributed by atoms with E-state index in [2.05, 4.69) is 21.2 Å². The van der Waals surface area contributed by atoms with E-state index in [4.69, 9.17) is 5.11 Å². The number of amides is 1. The Balaban J connectivity index is 1.87. The minimum absolute atomic E-state index is 0.0401. The van der Waals surface area contributed by atoms with E-state index in [1.54, 1.807) is 12.1 Å². The first-order valence-corrected chi connectivity index (χ1v) is 6.59. The molecule has 0 spiro atoms. The highest BCUT2D eigenvalue weighted by molar-refractivity contribution is 9.10. The van der Waals surface area contributed by atoms with Crippen LogP contribution in [0.15, 0.2) is 28.7 Å². The Kier molecular flexibility index (Phi) is 3.84. The van der Waals surface area contributed by atoms with Gasteiger partial charge in [0.15, 0.2) is 0 Å². The molecule has 0 atom stereocenters. The van der Waals surface area contributed by atoms with Crippen molar-refractivity contribution in [3.63, 3.8) is 0 Å². The van der Waals surface area contributed by atoms with Gasteiger partial charge in [0, 0.05) is 23.2 Å². The fourth-order valence-corrected chi connectivity index (χ4v) is 2.16. The summed E-state index contributed by atoms with van der Waals surface area (Å²) in [7, 11) is 0. The molecule has 0 saturated heterocycles. The standard InChI is InChI=1S/C13H16BrNO2/c14-11-3-1-10(2-4-11)12(17)15-9-13(5-6-13)7-8-16/h1-4,16H,5-9H2,(H,15,17). The van der Waals surface area contributed by atoms with Crippen LogP contribution >= 0.6 is 15.9 Å². The van der Waals surface area contributed by atoms with Crippen LogP contribution in [0.3, 0.4) is 0 Å². The van der Waals surface area contributed by atoms with Gasteiger partial charge in [-0.2, -0.15) is 0 Å². The van der Waals surface area contributed by atoms with Gasteiger partial charge < -0.3 is 10.4 Å². The lowest BCUT2D eigenvalue weighted by Crippen LogP contribution is -2.30. The van der Waals surface area contributed by atoms with Crippen LogP contribution in [-0.4, -0.2) is 24.2 Å². The number of hydrogen-bond acceptors (Lipinski definition) is 2. The van der Waals surface area contributed by atoms with E-state index < -0.39 is 0 Å². The lowest BCUT2D eigenvalue weighted by atomic mass is 10.0. The van der Waals surface area contributed by atoms with Crippen LogP contribution in [-0.2, 0) is 0 Å². The molecule has 0 heterocycles. The summed E-state index contributed by atoms with van der Waals surface area (Å²) >= 11 is 3.34. The van der Waals surface area contributed by atoms with Crippen molar-refractivity contribution in [2.75, 3.05) is 13.2 Å². The maximum Gasteiger partial charge on any atom is 0.251 e. The van der Waals surface area contributed by atoms with Crippen molar-refractivity contribution < 1.29 is 9.90 Å². The Morgan fingerprint density at radius 2 is 2.00 bits per heavy atom. The van der Waals surface area contributed by atoms with E-state index in [-0.39, 0.29) is 17.9 Å². The Bertz CT molecular complexity index is 398. The number of carbonyl (C=O) groups excluding carboxylic acids is 1. The van der Waals surface area contributed by atoms with E-state index in [1.807, 2.05) is 12.1 Å². The molecular formula is C13H16BrNO2. The molecule has 1 aromatic carbocycles. The zero-order valence-electron chi connectivity index (χ0n) is 9.58. The zero-order valence-corrected chi connectivity index (χ0v) is 11.2. The van der Waals surface area contributed by atoms with Crippen LogP contribution in [0.1, 0.15) is 29.6 Å². The molecule has 92 valence electrons. The molecule has 0 unspecified atom stereocenters. The third kappa shape index (κ3) is 3.30. The molecule has 0 aromatic heterocycles. The largest absolute Gasteiger partial charge is 0.396 e. The number of carbonyl (C=O) groups is 1. The molecular weight excluding hydrogens is 282 g/mol. The van der Waals surface area contributed by atoms with Crippen LogP contribution in [0, 0.1) is 5.41 Å². The molecule has 1 aliphatic rings. The summed E-state index contributed by atoms with van der Waals surface area (Å²) < 4.78 is 0.966. The molecule has 4 heteroatoms. The van der Waals surface area contributed by atoms with E-state index in [1.165, 1.54) is 0 Å². The molecule has 1 saturated carbocycles. The van der Waals surface area contributed by atoms with Crippen molar-refractivity contribution >= 4 is 21.8 Å². The van der Waals surface area contributed by atoms with Crippen molar-refractivity contribution in [3.05, 3.63) is 34.3 Å². The number of hydrogen-bond donors (Lipinski definition) is 2. The first-order valence-electron chi connectivity index (χ1n) is 5.80. The van der Waals surface area contributed by atoms with Crippen molar-refractivity contribution in [1.29, 1.82) is 0 Å². The summed E-state index contributed by atoms with van der Waals surface area (Å²) in [5, 5.41) is 11.9. The van der Waals surface area contributed by atoms with Crippen molar-refractivity contribution in [1.82, 2.24) is 5.32 Å². The van der Waals surface area contributed by atoms with Gasteiger partial charge in [-0.05, 0) is 48.9 Å². The predicted molar refractivity (Wildman–Crippen MR) is 69.8 cm³/mol. The molecule has 0 bridgehead atoms. The van der Waals surface area contributed by atoms with Gasteiger partial charge in [-0.1, -0.05) is 15.9 Å². The first kappa shape index (κ1) is 12.6. The normalized spacial score (nSPS) is 16.6. The number of aliphatic hydroxyl groups excluding tert-OH is 1. The van der Waals surface area contributed by atoms with Gasteiger partial charge in [0.2, 0.25) is 0 Å². The van der Waals surface area contributed by atoms with Crippen LogP contribution in [0.4, 0.5) is 0 Å². The summed E-state index contributed by atoms with van der Waals surface area (Å²) in [6.07, 6.45) is 3.00. The zero-order chi connectivity index (χ0) is 12.3. The van der Waals surface area contributed by atoms with Crippen molar-refractivity contribution in [3.8, 4) is 0 Å². The lowest BCUT2D eigenvalue weighted by molar-refractivity contribution is 0.0941. The third-order valence-corrected chi connectivity index (χ3v) is 3.86. The molecule has 1 fully saturated rings. The Labute approximate surface area is 109 Å². The monoisotopic (exact) mass is 297 g/mol. The van der Waals surface area contributed by atoms with Gasteiger partial charge in [-0.25, -0.2) is 0 Å². The maximum absolute atomic E-state index is 11.8. The summed E-state index contributed by atoms with van der Waals surface area (Å²) in [6.45, 7) is 0.872. The summed E-state index contributed by atoms with van der Waals surface area (Å²) in [5.74, 6) is -0.0401. The maximum atomic E-state index is 11.8. The molecule has 1 aromatic rings. The minimum Gasteiger partial charge on any atom is -0.396 e. The number of aliphatic hydroxyl groups is 1. The minimum atomic E-state index is -0.0401. The van der Waals surface area contributed by atoms with Gasteiger partial charge in [0.25, 0.3) is 5.91 Å². The number of nitrogens with one attached hydrogen (secondary N) is 1. The Morgan fingerprint density at radius 1 is 1.35 bits per heavy atom. The van der Waals surface area contributed by atoms with Gasteiger partial charge >= 0.3 is 0 Å². The summed E-state index contributed by atoms with van der Waals surface area (Å²) in [5.41, 5.74) is 0.841. The quantitative estimate of drug-likeness (QED) is 0.876. The molecule has 1 amide bonds. The molecule has 0 aliphatic heterocycles. The fraction of sp³-hybridized carbons (Fsp3) is 0.462. The van der Waals surface area contributed by atoms with Crippen LogP contribution < -0.4 is 5.32 Å². The fourth-order valence-electron chi connectivity index (χ4n) is 1.90. The van der Waals surface area contributed by atoms with Crippen LogP contribution in [0.5, 0.6) is 0 Å². The number of rotatable bonds is 5. The van der Waals surface area contributed by atoms with Crippen molar-refractivity contribution in [2.45, 2.75) is 19.3 Å². The third-order valence-electron chi connectivity index (χ3n) is 3.33. The number of halogens is 1. The van der Waals surface area contributed by atoms with Crippen LogP contribution in [0.2, 0.25) is 0 Å². The smallest absolute Gasteiger partial charge is 0.251 e. The second-order valence-electron chi connectivity index (χ2n) is 4.66. The SMILES string of the molecule is O=C(NCC1(CCO)CC1)c1ccc(Br)cc1. The van der Waals surface area contributed by atoms with Crippen LogP contribution in [0.25, 0.3) is 0 Å². The van der Waals surface area contributed by atoms with E-state index in [0.717, 1.165) is 23.7 Å². The highest BCUT2D eigenvalue weighted by Gasteiger charge is 2.41. The van der Waals surface area contributed by atoms with E-state index >= 15 is 0 Å². The molecule has 3 nitrogen and oxygen atoms in total. The van der Waals surface area contributed by atoms with Gasteiger partial charge in [-0.15, -0.1) is 0 Å².